The van der Waals surface area contributed by atoms with E-state index in [1.54, 1.807) is 18.5 Å². The van der Waals surface area contributed by atoms with Gasteiger partial charge in [-0.3, -0.25) is 9.59 Å². The zero-order valence-corrected chi connectivity index (χ0v) is 20.6. The quantitative estimate of drug-likeness (QED) is 0.505. The van der Waals surface area contributed by atoms with Crippen LogP contribution < -0.4 is 5.56 Å². The Labute approximate surface area is 200 Å². The number of hydrogen-bond acceptors (Lipinski definition) is 5. The summed E-state index contributed by atoms with van der Waals surface area (Å²) in [7, 11) is 1.76. The van der Waals surface area contributed by atoms with Gasteiger partial charge in [0.15, 0.2) is 0 Å². The molecule has 1 aliphatic rings. The number of benzene rings is 1. The molecule has 1 saturated carbocycles. The smallest absolute Gasteiger partial charge is 0.311 e. The summed E-state index contributed by atoms with van der Waals surface area (Å²) in [5.41, 5.74) is 4.55. The molecule has 1 fully saturated rings. The molecule has 2 aromatic heterocycles. The molecule has 4 rings (SSSR count). The van der Waals surface area contributed by atoms with Gasteiger partial charge in [-0.25, -0.2) is 4.98 Å². The average molecular weight is 466 g/mol. The molecule has 2 heterocycles. The molecule has 1 unspecified atom stereocenters. The molecule has 7 nitrogen and oxygen atoms in total. The van der Waals surface area contributed by atoms with E-state index in [2.05, 4.69) is 29.7 Å². The van der Waals surface area contributed by atoms with Gasteiger partial charge in [0.1, 0.15) is 11.9 Å². The zero-order valence-electron chi connectivity index (χ0n) is 20.6. The van der Waals surface area contributed by atoms with E-state index < -0.39 is 12.0 Å². The lowest BCUT2D eigenvalue weighted by Crippen LogP contribution is -2.30. The lowest BCUT2D eigenvalue weighted by molar-refractivity contribution is -0.157. The highest BCUT2D eigenvalue weighted by Gasteiger charge is 2.28. The third-order valence-corrected chi connectivity index (χ3v) is 6.96. The molecule has 0 spiro atoms. The van der Waals surface area contributed by atoms with Gasteiger partial charge in [0.05, 0.1) is 23.1 Å². The third kappa shape index (κ3) is 4.94. The first kappa shape index (κ1) is 24.2. The van der Waals surface area contributed by atoms with Gasteiger partial charge in [0, 0.05) is 30.9 Å². The van der Waals surface area contributed by atoms with Crippen LogP contribution in [0.15, 0.2) is 35.3 Å². The summed E-state index contributed by atoms with van der Waals surface area (Å²) in [5, 5.41) is 10.2. The predicted octanol–water partition coefficient (Wildman–Crippen LogP) is 4.15. The Kier molecular flexibility index (Phi) is 7.22. The number of aryl methyl sites for hydroxylation is 4. The number of imidazole rings is 1. The third-order valence-electron chi connectivity index (χ3n) is 6.96. The second-order valence-electron chi connectivity index (χ2n) is 9.56. The number of pyridine rings is 1. The van der Waals surface area contributed by atoms with Crippen molar-refractivity contribution in [2.24, 2.45) is 13.0 Å². The van der Waals surface area contributed by atoms with Crippen molar-refractivity contribution in [3.05, 3.63) is 51.9 Å². The van der Waals surface area contributed by atoms with Crippen LogP contribution >= 0.6 is 0 Å². The largest absolute Gasteiger partial charge is 0.462 e. The van der Waals surface area contributed by atoms with Crippen molar-refractivity contribution in [3.8, 4) is 11.4 Å². The van der Waals surface area contributed by atoms with Gasteiger partial charge in [0.2, 0.25) is 0 Å². The highest BCUT2D eigenvalue weighted by atomic mass is 16.5. The molecule has 2 atom stereocenters. The fourth-order valence-electron chi connectivity index (χ4n) is 5.01. The fraction of sp³-hybridized carbons (Fsp3) is 0.519. The molecular weight excluding hydrogens is 430 g/mol. The van der Waals surface area contributed by atoms with Crippen LogP contribution in [0.3, 0.4) is 0 Å². The van der Waals surface area contributed by atoms with Crippen LogP contribution in [0.5, 0.6) is 0 Å². The first-order valence-corrected chi connectivity index (χ1v) is 12.3. The number of carbonyl (C=O) groups excluding carboxylic acids is 1. The van der Waals surface area contributed by atoms with Crippen molar-refractivity contribution in [1.29, 1.82) is 0 Å². The van der Waals surface area contributed by atoms with Crippen molar-refractivity contribution in [3.63, 3.8) is 0 Å². The number of carbonyl (C=O) groups is 1. The van der Waals surface area contributed by atoms with Crippen molar-refractivity contribution >= 4 is 17.0 Å². The van der Waals surface area contributed by atoms with Gasteiger partial charge in [-0.1, -0.05) is 6.07 Å². The minimum Gasteiger partial charge on any atom is -0.462 e. The monoisotopic (exact) mass is 465 g/mol. The maximum absolute atomic E-state index is 12.7. The van der Waals surface area contributed by atoms with Crippen molar-refractivity contribution in [2.75, 3.05) is 0 Å². The first-order chi connectivity index (χ1) is 16.3. The number of aromatic nitrogens is 3. The molecule has 7 heteroatoms. The predicted molar refractivity (Wildman–Crippen MR) is 133 cm³/mol. The number of esters is 1. The summed E-state index contributed by atoms with van der Waals surface area (Å²) in [5.74, 6) is 0.00886. The van der Waals surface area contributed by atoms with E-state index in [0.29, 0.717) is 18.4 Å². The van der Waals surface area contributed by atoms with Crippen LogP contribution in [0.2, 0.25) is 0 Å². The van der Waals surface area contributed by atoms with Gasteiger partial charge < -0.3 is 19.0 Å². The summed E-state index contributed by atoms with van der Waals surface area (Å²) < 4.78 is 9.41. The molecule has 0 amide bonds. The first-order valence-electron chi connectivity index (χ1n) is 12.3. The van der Waals surface area contributed by atoms with Gasteiger partial charge in [-0.2, -0.15) is 0 Å². The lowest BCUT2D eigenvalue weighted by Gasteiger charge is -2.21. The van der Waals surface area contributed by atoms with E-state index in [-0.39, 0.29) is 17.6 Å². The number of nitrogens with zero attached hydrogens (tertiary/aromatic N) is 3. The van der Waals surface area contributed by atoms with E-state index in [9.17, 15) is 14.7 Å². The topological polar surface area (TPSA) is 86.4 Å². The van der Waals surface area contributed by atoms with E-state index in [1.807, 2.05) is 19.2 Å². The van der Waals surface area contributed by atoms with E-state index in [1.165, 1.54) is 0 Å². The summed E-state index contributed by atoms with van der Waals surface area (Å²) in [6.07, 6.45) is 6.30. The van der Waals surface area contributed by atoms with Crippen molar-refractivity contribution in [2.45, 2.75) is 78.0 Å². The standard InChI is InChI=1S/C27H35N3O4/c1-5-30-24-13-11-19(10-12-22(18(3)31)27(33)34-21-8-6-7-9-21)15-23(24)28-25(30)20-14-17(2)26(32)29(4)16-20/h11,13-16,18,21-22,31H,5-10,12H2,1-4H3/t18-,22?/m1/s1. The maximum Gasteiger partial charge on any atom is 0.311 e. The Morgan fingerprint density at radius 3 is 2.65 bits per heavy atom. The molecule has 0 bridgehead atoms. The molecule has 182 valence electrons. The number of ether oxygens (including phenoxy) is 1. The molecular formula is C27H35N3O4. The molecule has 1 aromatic carbocycles. The molecule has 0 radical (unpaired) electrons. The van der Waals surface area contributed by atoms with Crippen LogP contribution in [-0.4, -0.2) is 37.4 Å². The highest BCUT2D eigenvalue weighted by molar-refractivity contribution is 5.81. The molecule has 34 heavy (non-hydrogen) atoms. The molecule has 1 aliphatic carbocycles. The maximum atomic E-state index is 12.7. The summed E-state index contributed by atoms with van der Waals surface area (Å²) in [6.45, 7) is 6.31. The van der Waals surface area contributed by atoms with Crippen molar-refractivity contribution in [1.82, 2.24) is 14.1 Å². The zero-order chi connectivity index (χ0) is 24.4. The molecule has 0 aliphatic heterocycles. The van der Waals surface area contributed by atoms with Gasteiger partial charge >= 0.3 is 5.97 Å². The minimum absolute atomic E-state index is 0.00245. The Hall–Kier alpha value is -2.93. The van der Waals surface area contributed by atoms with Gasteiger partial charge in [-0.05, 0) is 83.1 Å². The van der Waals surface area contributed by atoms with E-state index >= 15 is 0 Å². The number of fused-ring (bicyclic) bond motifs is 1. The minimum atomic E-state index is -0.753. The number of rotatable bonds is 8. The van der Waals surface area contributed by atoms with Crippen molar-refractivity contribution < 1.29 is 14.6 Å². The summed E-state index contributed by atoms with van der Waals surface area (Å²) >= 11 is 0. The molecule has 1 N–H and O–H groups in total. The second-order valence-corrected chi connectivity index (χ2v) is 9.56. The van der Waals surface area contributed by atoms with Crippen LogP contribution in [0.4, 0.5) is 0 Å². The number of aliphatic hydroxyl groups excluding tert-OH is 1. The van der Waals surface area contributed by atoms with Gasteiger partial charge in [0.25, 0.3) is 5.56 Å². The second kappa shape index (κ2) is 10.1. The highest BCUT2D eigenvalue weighted by Crippen LogP contribution is 2.27. The number of hydrogen-bond donors (Lipinski definition) is 1. The normalized spacial score (nSPS) is 16.1. The van der Waals surface area contributed by atoms with E-state index in [4.69, 9.17) is 9.72 Å². The Morgan fingerprint density at radius 2 is 2.00 bits per heavy atom. The number of aliphatic hydroxyl groups is 1. The van der Waals surface area contributed by atoms with Crippen LogP contribution in [0.25, 0.3) is 22.4 Å². The summed E-state index contributed by atoms with van der Waals surface area (Å²) in [6, 6.07) is 8.07. The average Bonchev–Trinajstić information content (AvgIpc) is 3.44. The Bertz CT molecular complexity index is 1210. The Balaban J connectivity index is 1.56. The Morgan fingerprint density at radius 1 is 1.26 bits per heavy atom. The van der Waals surface area contributed by atoms with Crippen LogP contribution in [0, 0.1) is 12.8 Å². The SMILES string of the molecule is CCn1c(-c2cc(C)c(=O)n(C)c2)nc2cc(CCC(C(=O)OC3CCCC3)[C@@H](C)O)ccc21. The fourth-order valence-corrected chi connectivity index (χ4v) is 5.01. The lowest BCUT2D eigenvalue weighted by atomic mass is 9.95. The van der Waals surface area contributed by atoms with Crippen LogP contribution in [0.1, 0.15) is 57.1 Å². The molecule has 0 saturated heterocycles. The molecule has 3 aromatic rings. The summed E-state index contributed by atoms with van der Waals surface area (Å²) in [4.78, 5) is 29.7. The van der Waals surface area contributed by atoms with Crippen LogP contribution in [-0.2, 0) is 29.5 Å². The van der Waals surface area contributed by atoms with Gasteiger partial charge in [-0.15, -0.1) is 0 Å². The van der Waals surface area contributed by atoms with E-state index in [0.717, 1.165) is 60.2 Å².